The Kier molecular flexibility index (Phi) is 6.53. The molecule has 0 bridgehead atoms. The summed E-state index contributed by atoms with van der Waals surface area (Å²) in [6, 6.07) is 0.467. The van der Waals surface area contributed by atoms with Crippen LogP contribution >= 0.6 is 0 Å². The van der Waals surface area contributed by atoms with Gasteiger partial charge in [0.1, 0.15) is 6.04 Å². The fraction of sp³-hybridized carbons (Fsp3) is 0.895. The topological polar surface area (TPSA) is 73.9 Å². The molecule has 2 amide bonds. The summed E-state index contributed by atoms with van der Waals surface area (Å²) in [6.45, 7) is 9.01. The zero-order valence-electron chi connectivity index (χ0n) is 16.4. The maximum absolute atomic E-state index is 12.8. The van der Waals surface area contributed by atoms with Crippen molar-refractivity contribution in [2.24, 2.45) is 5.92 Å². The van der Waals surface area contributed by atoms with Gasteiger partial charge in [-0.1, -0.05) is 0 Å². The maximum Gasteiger partial charge on any atom is 0.241 e. The van der Waals surface area contributed by atoms with Crippen LogP contribution in [0.4, 0.5) is 0 Å². The fourth-order valence-corrected chi connectivity index (χ4v) is 4.69. The highest BCUT2D eigenvalue weighted by atomic mass is 16.5. The molecule has 0 aromatic heterocycles. The molecule has 0 aromatic rings. The first-order valence-corrected chi connectivity index (χ1v) is 10.2. The van der Waals surface area contributed by atoms with E-state index in [4.69, 9.17) is 4.74 Å². The standard InChI is InChI=1S/C19H34N4O3/c1-4-22-17-12-14(18(24)20-9-5-11-26-13(2)3)6-7-15(17)23-16(19(22)25)8-10-21-23/h13-17,21H,4-12H2,1-3H3,(H,20,24). The van der Waals surface area contributed by atoms with Gasteiger partial charge in [0.05, 0.1) is 6.10 Å². The van der Waals surface area contributed by atoms with Gasteiger partial charge in [-0.15, -0.1) is 0 Å². The minimum atomic E-state index is -0.0115. The number of rotatable bonds is 7. The van der Waals surface area contributed by atoms with Crippen molar-refractivity contribution in [2.45, 2.75) is 77.1 Å². The summed E-state index contributed by atoms with van der Waals surface area (Å²) >= 11 is 0. The molecule has 0 aromatic carbocycles. The first-order valence-electron chi connectivity index (χ1n) is 10.2. The number of piperazine rings is 1. The van der Waals surface area contributed by atoms with Crippen LogP contribution < -0.4 is 10.7 Å². The summed E-state index contributed by atoms with van der Waals surface area (Å²) in [7, 11) is 0. The van der Waals surface area contributed by atoms with Crippen molar-refractivity contribution in [1.29, 1.82) is 0 Å². The smallest absolute Gasteiger partial charge is 0.241 e. The SMILES string of the molecule is CCN1C(=O)C2CCNN2C2CCC(C(=O)NCCCOC(C)C)CC21. The Bertz CT molecular complexity index is 513. The number of likely N-dealkylation sites (N-methyl/N-ethyl adjacent to an activating group) is 1. The molecule has 0 spiro atoms. The summed E-state index contributed by atoms with van der Waals surface area (Å²) in [6.07, 6.45) is 4.58. The molecule has 4 atom stereocenters. The van der Waals surface area contributed by atoms with Crippen molar-refractivity contribution in [2.75, 3.05) is 26.2 Å². The average molecular weight is 367 g/mol. The third-order valence-corrected chi connectivity index (χ3v) is 5.94. The van der Waals surface area contributed by atoms with Gasteiger partial charge < -0.3 is 15.0 Å². The van der Waals surface area contributed by atoms with E-state index in [-0.39, 0.29) is 35.9 Å². The molecule has 1 saturated carbocycles. The second-order valence-electron chi connectivity index (χ2n) is 7.95. The summed E-state index contributed by atoms with van der Waals surface area (Å²) in [5.74, 6) is 0.363. The van der Waals surface area contributed by atoms with E-state index in [0.29, 0.717) is 19.2 Å². The van der Waals surface area contributed by atoms with Crippen molar-refractivity contribution in [3.63, 3.8) is 0 Å². The monoisotopic (exact) mass is 366 g/mol. The number of carbonyl (C=O) groups excluding carboxylic acids is 2. The molecular weight excluding hydrogens is 332 g/mol. The van der Waals surface area contributed by atoms with Gasteiger partial charge in [-0.2, -0.15) is 0 Å². The molecule has 148 valence electrons. The lowest BCUT2D eigenvalue weighted by Crippen LogP contribution is -2.68. The van der Waals surface area contributed by atoms with E-state index in [1.165, 1.54) is 0 Å². The summed E-state index contributed by atoms with van der Waals surface area (Å²) in [5.41, 5.74) is 3.41. The number of fused-ring (bicyclic) bond motifs is 3. The van der Waals surface area contributed by atoms with Crippen molar-refractivity contribution >= 4 is 11.8 Å². The van der Waals surface area contributed by atoms with E-state index < -0.39 is 0 Å². The molecule has 3 fully saturated rings. The van der Waals surface area contributed by atoms with Crippen LogP contribution in [0.1, 0.15) is 52.9 Å². The van der Waals surface area contributed by atoms with Crippen molar-refractivity contribution in [3.8, 4) is 0 Å². The van der Waals surface area contributed by atoms with E-state index >= 15 is 0 Å². The molecule has 4 unspecified atom stereocenters. The van der Waals surface area contributed by atoms with E-state index in [1.807, 2.05) is 25.7 Å². The number of amides is 2. The summed E-state index contributed by atoms with van der Waals surface area (Å²) in [4.78, 5) is 27.4. The second-order valence-corrected chi connectivity index (χ2v) is 7.95. The molecule has 7 heteroatoms. The van der Waals surface area contributed by atoms with Crippen LogP contribution in [0.3, 0.4) is 0 Å². The highest BCUT2D eigenvalue weighted by Crippen LogP contribution is 2.37. The van der Waals surface area contributed by atoms with Gasteiger partial charge in [0.15, 0.2) is 0 Å². The Hall–Kier alpha value is -1.18. The van der Waals surface area contributed by atoms with Crippen LogP contribution in [-0.4, -0.2) is 72.2 Å². The van der Waals surface area contributed by atoms with Gasteiger partial charge in [0.2, 0.25) is 11.8 Å². The van der Waals surface area contributed by atoms with E-state index in [9.17, 15) is 9.59 Å². The lowest BCUT2D eigenvalue weighted by atomic mass is 9.78. The Morgan fingerprint density at radius 2 is 2.12 bits per heavy atom. The molecule has 7 nitrogen and oxygen atoms in total. The zero-order chi connectivity index (χ0) is 18.7. The minimum absolute atomic E-state index is 0.00303. The number of nitrogens with one attached hydrogen (secondary N) is 2. The van der Waals surface area contributed by atoms with Crippen LogP contribution in [0.2, 0.25) is 0 Å². The Balaban J connectivity index is 1.53. The Morgan fingerprint density at radius 1 is 1.31 bits per heavy atom. The molecule has 3 rings (SSSR count). The largest absolute Gasteiger partial charge is 0.379 e. The van der Waals surface area contributed by atoms with Gasteiger partial charge in [-0.05, 0) is 52.9 Å². The number of carbonyl (C=O) groups is 2. The number of ether oxygens (including phenoxy) is 1. The van der Waals surface area contributed by atoms with Gasteiger partial charge in [-0.3, -0.25) is 15.0 Å². The minimum Gasteiger partial charge on any atom is -0.379 e. The van der Waals surface area contributed by atoms with Crippen LogP contribution in [0.5, 0.6) is 0 Å². The number of hydrogen-bond donors (Lipinski definition) is 2. The molecular formula is C19H34N4O3. The molecule has 1 aliphatic carbocycles. The molecule has 2 aliphatic heterocycles. The van der Waals surface area contributed by atoms with E-state index in [0.717, 1.165) is 45.2 Å². The van der Waals surface area contributed by atoms with Crippen LogP contribution in [0.15, 0.2) is 0 Å². The maximum atomic E-state index is 12.8. The first kappa shape index (κ1) is 19.6. The molecule has 2 heterocycles. The van der Waals surface area contributed by atoms with Crippen molar-refractivity contribution < 1.29 is 14.3 Å². The lowest BCUT2D eigenvalue weighted by molar-refractivity contribution is -0.155. The number of hydrazine groups is 1. The molecule has 3 aliphatic rings. The first-order chi connectivity index (χ1) is 12.5. The van der Waals surface area contributed by atoms with Crippen LogP contribution in [-0.2, 0) is 14.3 Å². The quantitative estimate of drug-likeness (QED) is 0.655. The summed E-state index contributed by atoms with van der Waals surface area (Å²) < 4.78 is 5.51. The average Bonchev–Trinajstić information content (AvgIpc) is 3.11. The molecule has 0 radical (unpaired) electrons. The van der Waals surface area contributed by atoms with Gasteiger partial charge >= 0.3 is 0 Å². The highest BCUT2D eigenvalue weighted by Gasteiger charge is 2.50. The Morgan fingerprint density at radius 3 is 2.85 bits per heavy atom. The number of nitrogens with zero attached hydrogens (tertiary/aromatic N) is 2. The zero-order valence-corrected chi connectivity index (χ0v) is 16.4. The van der Waals surface area contributed by atoms with Crippen molar-refractivity contribution in [1.82, 2.24) is 20.7 Å². The van der Waals surface area contributed by atoms with E-state index in [2.05, 4.69) is 15.8 Å². The molecule has 2 N–H and O–H groups in total. The fourth-order valence-electron chi connectivity index (χ4n) is 4.69. The van der Waals surface area contributed by atoms with Crippen molar-refractivity contribution in [3.05, 3.63) is 0 Å². The predicted octanol–water partition coefficient (Wildman–Crippen LogP) is 0.896. The third-order valence-electron chi connectivity index (χ3n) is 5.94. The molecule has 26 heavy (non-hydrogen) atoms. The van der Waals surface area contributed by atoms with E-state index in [1.54, 1.807) is 0 Å². The lowest BCUT2D eigenvalue weighted by Gasteiger charge is -2.51. The van der Waals surface area contributed by atoms with Crippen LogP contribution in [0.25, 0.3) is 0 Å². The van der Waals surface area contributed by atoms with Crippen LogP contribution in [0, 0.1) is 5.92 Å². The predicted molar refractivity (Wildman–Crippen MR) is 99.3 cm³/mol. The van der Waals surface area contributed by atoms with Gasteiger partial charge in [-0.25, -0.2) is 5.01 Å². The number of hydrogen-bond acceptors (Lipinski definition) is 5. The Labute approximate surface area is 156 Å². The van der Waals surface area contributed by atoms with Gasteiger partial charge in [0.25, 0.3) is 0 Å². The second kappa shape index (κ2) is 8.67. The molecule has 2 saturated heterocycles. The van der Waals surface area contributed by atoms with Gasteiger partial charge in [0, 0.05) is 44.2 Å². The third kappa shape index (κ3) is 4.05. The normalized spacial score (nSPS) is 31.8. The summed E-state index contributed by atoms with van der Waals surface area (Å²) in [5, 5.41) is 5.25. The highest BCUT2D eigenvalue weighted by molar-refractivity contribution is 5.84.